The summed E-state index contributed by atoms with van der Waals surface area (Å²) in [7, 11) is 1.81. The second kappa shape index (κ2) is 4.10. The monoisotopic (exact) mass is 271 g/mol. The van der Waals surface area contributed by atoms with Crippen LogP contribution in [-0.2, 0) is 10.2 Å². The Bertz CT molecular complexity index is 667. The summed E-state index contributed by atoms with van der Waals surface area (Å²) in [6, 6.07) is 15.4. The third-order valence-electron chi connectivity index (χ3n) is 3.95. The molecule has 0 saturated carbocycles. The van der Waals surface area contributed by atoms with Gasteiger partial charge in [0.2, 0.25) is 5.91 Å². The largest absolute Gasteiger partial charge is 0.314 e. The summed E-state index contributed by atoms with van der Waals surface area (Å²) in [4.78, 5) is 14.4. The number of para-hydroxylation sites is 1. The van der Waals surface area contributed by atoms with Gasteiger partial charge in [0, 0.05) is 17.8 Å². The van der Waals surface area contributed by atoms with Crippen LogP contribution in [0.3, 0.4) is 0 Å². The summed E-state index contributed by atoms with van der Waals surface area (Å²) in [6.45, 7) is 1.94. The first-order chi connectivity index (χ1) is 9.06. The molecule has 96 valence electrons. The first-order valence-corrected chi connectivity index (χ1v) is 6.57. The maximum absolute atomic E-state index is 12.7. The van der Waals surface area contributed by atoms with Crippen molar-refractivity contribution >= 4 is 23.2 Å². The van der Waals surface area contributed by atoms with E-state index >= 15 is 0 Å². The molecule has 2 aromatic carbocycles. The Morgan fingerprint density at radius 3 is 2.26 bits per heavy atom. The molecule has 2 aromatic rings. The van der Waals surface area contributed by atoms with Gasteiger partial charge in [-0.3, -0.25) is 4.79 Å². The van der Waals surface area contributed by atoms with Gasteiger partial charge in [0.1, 0.15) is 5.41 Å². The fourth-order valence-electron chi connectivity index (χ4n) is 2.88. The average Bonchev–Trinajstić information content (AvgIpc) is 2.63. The molecule has 19 heavy (non-hydrogen) atoms. The molecule has 0 radical (unpaired) electrons. The highest BCUT2D eigenvalue weighted by Gasteiger charge is 2.47. The molecule has 1 amide bonds. The quantitative estimate of drug-likeness (QED) is 0.776. The van der Waals surface area contributed by atoms with Gasteiger partial charge in [-0.15, -0.1) is 0 Å². The van der Waals surface area contributed by atoms with Crippen molar-refractivity contribution in [2.75, 3.05) is 11.9 Å². The Morgan fingerprint density at radius 1 is 1.00 bits per heavy atom. The number of rotatable bonds is 1. The van der Waals surface area contributed by atoms with Crippen LogP contribution in [0.15, 0.2) is 48.5 Å². The topological polar surface area (TPSA) is 20.3 Å². The van der Waals surface area contributed by atoms with Crippen LogP contribution < -0.4 is 4.90 Å². The van der Waals surface area contributed by atoms with Crippen molar-refractivity contribution in [3.63, 3.8) is 0 Å². The van der Waals surface area contributed by atoms with E-state index in [1.54, 1.807) is 4.90 Å². The number of nitrogens with zero attached hydrogens (tertiary/aromatic N) is 1. The summed E-state index contributed by atoms with van der Waals surface area (Å²) in [5.41, 5.74) is 2.12. The number of likely N-dealkylation sites (N-methyl/N-ethyl adjacent to an activating group) is 1. The molecule has 0 spiro atoms. The molecule has 0 N–H and O–H groups in total. The van der Waals surface area contributed by atoms with Crippen molar-refractivity contribution in [3.8, 4) is 0 Å². The lowest BCUT2D eigenvalue weighted by Gasteiger charge is -2.25. The van der Waals surface area contributed by atoms with Crippen LogP contribution in [-0.4, -0.2) is 13.0 Å². The summed E-state index contributed by atoms with van der Waals surface area (Å²) in [5, 5.41) is 0.628. The standard InChI is InChI=1S/C16H14ClNO/c1-16(11-7-3-5-9-13(11)17)12-8-4-6-10-14(12)18(2)15(16)19/h3-10H,1-2H3. The number of halogens is 1. The normalized spacial score (nSPS) is 21.6. The second-order valence-corrected chi connectivity index (χ2v) is 5.39. The van der Waals surface area contributed by atoms with Gasteiger partial charge in [-0.25, -0.2) is 0 Å². The van der Waals surface area contributed by atoms with E-state index in [0.29, 0.717) is 5.02 Å². The minimum absolute atomic E-state index is 0.0572. The Kier molecular flexibility index (Phi) is 2.64. The highest BCUT2D eigenvalue weighted by atomic mass is 35.5. The molecule has 0 aliphatic carbocycles. The molecular formula is C16H14ClNO. The van der Waals surface area contributed by atoms with Crippen LogP contribution in [0.25, 0.3) is 0 Å². The van der Waals surface area contributed by atoms with Gasteiger partial charge in [0.25, 0.3) is 0 Å². The smallest absolute Gasteiger partial charge is 0.241 e. The van der Waals surface area contributed by atoms with E-state index in [2.05, 4.69) is 0 Å². The summed E-state index contributed by atoms with van der Waals surface area (Å²) in [5.74, 6) is 0.0572. The molecule has 1 aliphatic rings. The Balaban J connectivity index is 2.31. The van der Waals surface area contributed by atoms with E-state index in [-0.39, 0.29) is 5.91 Å². The minimum atomic E-state index is -0.705. The third-order valence-corrected chi connectivity index (χ3v) is 4.28. The molecule has 3 rings (SSSR count). The zero-order valence-electron chi connectivity index (χ0n) is 10.9. The van der Waals surface area contributed by atoms with Crippen molar-refractivity contribution in [3.05, 3.63) is 64.7 Å². The second-order valence-electron chi connectivity index (χ2n) is 4.99. The average molecular weight is 272 g/mol. The van der Waals surface area contributed by atoms with E-state index in [0.717, 1.165) is 16.8 Å². The predicted octanol–water partition coefficient (Wildman–Crippen LogP) is 3.62. The number of benzene rings is 2. The van der Waals surface area contributed by atoms with E-state index in [1.807, 2.05) is 62.5 Å². The van der Waals surface area contributed by atoms with E-state index in [9.17, 15) is 4.79 Å². The summed E-state index contributed by atoms with van der Waals surface area (Å²) < 4.78 is 0. The minimum Gasteiger partial charge on any atom is -0.314 e. The lowest BCUT2D eigenvalue weighted by molar-refractivity contribution is -0.121. The lowest BCUT2D eigenvalue weighted by atomic mass is 9.77. The van der Waals surface area contributed by atoms with Gasteiger partial charge in [-0.2, -0.15) is 0 Å². The highest BCUT2D eigenvalue weighted by Crippen LogP contribution is 2.46. The first kappa shape index (κ1) is 12.2. The lowest BCUT2D eigenvalue weighted by Crippen LogP contribution is -2.37. The number of fused-ring (bicyclic) bond motifs is 1. The molecular weight excluding hydrogens is 258 g/mol. The first-order valence-electron chi connectivity index (χ1n) is 6.19. The van der Waals surface area contributed by atoms with Crippen LogP contribution in [0.1, 0.15) is 18.1 Å². The molecule has 1 unspecified atom stereocenters. The van der Waals surface area contributed by atoms with Gasteiger partial charge in [-0.05, 0) is 30.2 Å². The fraction of sp³-hybridized carbons (Fsp3) is 0.188. The number of amides is 1. The molecule has 3 heteroatoms. The maximum Gasteiger partial charge on any atom is 0.241 e. The van der Waals surface area contributed by atoms with Gasteiger partial charge in [0.05, 0.1) is 0 Å². The molecule has 1 aliphatic heterocycles. The van der Waals surface area contributed by atoms with Gasteiger partial charge < -0.3 is 4.90 Å². The maximum atomic E-state index is 12.7. The van der Waals surface area contributed by atoms with Crippen molar-refractivity contribution in [2.45, 2.75) is 12.3 Å². The zero-order valence-corrected chi connectivity index (χ0v) is 11.6. The number of carbonyl (C=O) groups excluding carboxylic acids is 1. The number of hydrogen-bond acceptors (Lipinski definition) is 1. The Hall–Kier alpha value is -1.80. The van der Waals surface area contributed by atoms with E-state index in [4.69, 9.17) is 11.6 Å². The van der Waals surface area contributed by atoms with Crippen LogP contribution in [0.4, 0.5) is 5.69 Å². The van der Waals surface area contributed by atoms with Crippen molar-refractivity contribution in [2.24, 2.45) is 0 Å². The molecule has 0 saturated heterocycles. The van der Waals surface area contributed by atoms with Crippen molar-refractivity contribution < 1.29 is 4.79 Å². The fourth-order valence-corrected chi connectivity index (χ4v) is 3.20. The van der Waals surface area contributed by atoms with E-state index in [1.165, 1.54) is 0 Å². The predicted molar refractivity (Wildman–Crippen MR) is 77.8 cm³/mol. The SMILES string of the molecule is CN1C(=O)C(C)(c2ccccc2Cl)c2ccccc21. The molecule has 1 atom stereocenters. The zero-order chi connectivity index (χ0) is 13.6. The Labute approximate surface area is 117 Å². The van der Waals surface area contributed by atoms with Crippen LogP contribution in [0, 0.1) is 0 Å². The van der Waals surface area contributed by atoms with Crippen LogP contribution in [0.2, 0.25) is 5.02 Å². The van der Waals surface area contributed by atoms with Crippen molar-refractivity contribution in [1.29, 1.82) is 0 Å². The molecule has 2 nitrogen and oxygen atoms in total. The molecule has 0 aromatic heterocycles. The summed E-state index contributed by atoms with van der Waals surface area (Å²) >= 11 is 6.30. The van der Waals surface area contributed by atoms with Gasteiger partial charge in [0.15, 0.2) is 0 Å². The third kappa shape index (κ3) is 1.53. The number of hydrogen-bond donors (Lipinski definition) is 0. The van der Waals surface area contributed by atoms with Gasteiger partial charge in [-0.1, -0.05) is 48.0 Å². The highest BCUT2D eigenvalue weighted by molar-refractivity contribution is 6.32. The molecule has 0 bridgehead atoms. The van der Waals surface area contributed by atoms with Crippen LogP contribution >= 0.6 is 11.6 Å². The number of carbonyl (C=O) groups is 1. The van der Waals surface area contributed by atoms with Gasteiger partial charge >= 0.3 is 0 Å². The van der Waals surface area contributed by atoms with Crippen molar-refractivity contribution in [1.82, 2.24) is 0 Å². The molecule has 1 heterocycles. The molecule has 0 fully saturated rings. The number of anilines is 1. The Morgan fingerprint density at radius 2 is 1.58 bits per heavy atom. The van der Waals surface area contributed by atoms with Crippen LogP contribution in [0.5, 0.6) is 0 Å². The summed E-state index contributed by atoms with van der Waals surface area (Å²) in [6.07, 6.45) is 0. The van der Waals surface area contributed by atoms with E-state index < -0.39 is 5.41 Å².